The smallest absolute Gasteiger partial charge is 0.329 e. The van der Waals surface area contributed by atoms with Gasteiger partial charge in [-0.2, -0.15) is 0 Å². The summed E-state index contributed by atoms with van der Waals surface area (Å²) in [4.78, 5) is 32.1. The van der Waals surface area contributed by atoms with Gasteiger partial charge in [-0.1, -0.05) is 0 Å². The van der Waals surface area contributed by atoms with Crippen LogP contribution in [0.5, 0.6) is 0 Å². The Morgan fingerprint density at radius 1 is 0.319 bits per heavy atom. The van der Waals surface area contributed by atoms with E-state index in [1.54, 1.807) is 0 Å². The predicted molar refractivity (Wildman–Crippen MR) is 164 cm³/mol. The van der Waals surface area contributed by atoms with E-state index in [1.165, 1.54) is 0 Å². The van der Waals surface area contributed by atoms with Gasteiger partial charge in [0.25, 0.3) is 0 Å². The summed E-state index contributed by atoms with van der Waals surface area (Å²) in [6, 6.07) is 0. The highest BCUT2D eigenvalue weighted by molar-refractivity contribution is 5.69. The third kappa shape index (κ3) is 41.9. The molecule has 0 bridgehead atoms. The topological polar surface area (TPSA) is 202 Å². The van der Waals surface area contributed by atoms with Gasteiger partial charge in [0.1, 0.15) is 13.2 Å². The molecule has 0 atom stereocenters. The number of hydrogen-bond donors (Lipinski definition) is 2. The second-order valence-corrected chi connectivity index (χ2v) is 9.39. The van der Waals surface area contributed by atoms with Crippen molar-refractivity contribution in [3.05, 3.63) is 0 Å². The zero-order valence-electron chi connectivity index (χ0n) is 27.6. The summed E-state index contributed by atoms with van der Waals surface area (Å²) in [7, 11) is 0. The molecular weight excluding hydrogens is 632 g/mol. The van der Waals surface area contributed by atoms with E-state index in [9.17, 15) is 14.4 Å². The molecule has 0 aromatic carbocycles. The van der Waals surface area contributed by atoms with E-state index in [0.29, 0.717) is 138 Å². The van der Waals surface area contributed by atoms with Gasteiger partial charge in [-0.25, -0.2) is 4.79 Å². The van der Waals surface area contributed by atoms with Crippen LogP contribution < -0.4 is 0 Å². The highest BCUT2D eigenvalue weighted by Gasteiger charge is 2.04. The first-order valence-electron chi connectivity index (χ1n) is 16.0. The standard InChI is InChI=1S/C30H56O17/c31-28(32)3-1-2-4-30(35)47-26-25-45-22-21-43-18-17-41-14-13-39-10-9-37-6-5-36-7-8-38-11-12-40-15-16-42-19-20-44-23-24-46-27-29(33)34/h1-27H2,(H,31,32)(H,33,34). The molecule has 0 saturated carbocycles. The number of carboxylic acid groups (broad SMARTS) is 2. The Morgan fingerprint density at radius 3 is 0.851 bits per heavy atom. The van der Waals surface area contributed by atoms with Crippen molar-refractivity contribution >= 4 is 17.9 Å². The third-order valence-corrected chi connectivity index (χ3v) is 5.46. The van der Waals surface area contributed by atoms with E-state index < -0.39 is 11.9 Å². The van der Waals surface area contributed by atoms with E-state index in [4.69, 9.17) is 67.1 Å². The lowest BCUT2D eigenvalue weighted by atomic mass is 10.2. The minimum atomic E-state index is -1.00. The van der Waals surface area contributed by atoms with Crippen LogP contribution in [0.3, 0.4) is 0 Å². The van der Waals surface area contributed by atoms with E-state index in [-0.39, 0.29) is 45.2 Å². The lowest BCUT2D eigenvalue weighted by Gasteiger charge is -2.09. The molecule has 0 spiro atoms. The largest absolute Gasteiger partial charge is 0.481 e. The van der Waals surface area contributed by atoms with Crippen LogP contribution in [0, 0.1) is 0 Å². The molecule has 47 heavy (non-hydrogen) atoms. The van der Waals surface area contributed by atoms with Gasteiger partial charge >= 0.3 is 17.9 Å². The Labute approximate surface area is 277 Å². The van der Waals surface area contributed by atoms with Crippen molar-refractivity contribution < 1.29 is 81.4 Å². The molecule has 17 heteroatoms. The second-order valence-electron chi connectivity index (χ2n) is 9.39. The Kier molecular flexibility index (Phi) is 36.8. The van der Waals surface area contributed by atoms with Crippen LogP contribution in [0.15, 0.2) is 0 Å². The lowest BCUT2D eigenvalue weighted by molar-refractivity contribution is -0.146. The molecule has 0 heterocycles. The summed E-state index contributed by atoms with van der Waals surface area (Å²) >= 11 is 0. The number of carbonyl (C=O) groups excluding carboxylic acids is 1. The number of ether oxygens (including phenoxy) is 12. The number of carboxylic acids is 2. The van der Waals surface area contributed by atoms with Gasteiger partial charge in [0.2, 0.25) is 0 Å². The zero-order valence-corrected chi connectivity index (χ0v) is 27.6. The Morgan fingerprint density at radius 2 is 0.574 bits per heavy atom. The first-order valence-corrected chi connectivity index (χ1v) is 16.0. The molecule has 0 fully saturated rings. The Hall–Kier alpha value is -2.03. The summed E-state index contributed by atoms with van der Waals surface area (Å²) in [6.07, 6.45) is 1.21. The van der Waals surface area contributed by atoms with Crippen LogP contribution in [0.1, 0.15) is 25.7 Å². The van der Waals surface area contributed by atoms with Crippen molar-refractivity contribution in [1.29, 1.82) is 0 Å². The van der Waals surface area contributed by atoms with Crippen LogP contribution in [-0.4, -0.2) is 180 Å². The number of carbonyl (C=O) groups is 3. The highest BCUT2D eigenvalue weighted by atomic mass is 16.6. The molecule has 0 aliphatic carbocycles. The maximum Gasteiger partial charge on any atom is 0.329 e. The molecule has 2 N–H and O–H groups in total. The Bertz CT molecular complexity index is 697. The van der Waals surface area contributed by atoms with Crippen molar-refractivity contribution in [2.45, 2.75) is 25.7 Å². The SMILES string of the molecule is O=C(O)CCCCC(=O)OCCOCCOCCOCCOCCOCCOCCOCCOCCOCCOCCOCC(=O)O. The fraction of sp³-hybridized carbons (Fsp3) is 0.900. The molecule has 0 radical (unpaired) electrons. The molecule has 0 aromatic rings. The number of aliphatic carboxylic acids is 2. The van der Waals surface area contributed by atoms with E-state index in [1.807, 2.05) is 0 Å². The number of unbranched alkanes of at least 4 members (excludes halogenated alkanes) is 1. The van der Waals surface area contributed by atoms with Gasteiger partial charge in [0.05, 0.1) is 139 Å². The average Bonchev–Trinajstić information content (AvgIpc) is 3.04. The van der Waals surface area contributed by atoms with Crippen molar-refractivity contribution in [2.75, 3.05) is 152 Å². The lowest BCUT2D eigenvalue weighted by Crippen LogP contribution is -2.16. The average molecular weight is 689 g/mol. The van der Waals surface area contributed by atoms with Crippen LogP contribution in [0.4, 0.5) is 0 Å². The number of esters is 1. The summed E-state index contributed by atoms with van der Waals surface area (Å²) in [5.41, 5.74) is 0. The molecule has 0 aromatic heterocycles. The van der Waals surface area contributed by atoms with Gasteiger partial charge in [-0.15, -0.1) is 0 Å². The first-order chi connectivity index (χ1) is 23.0. The molecule has 17 nitrogen and oxygen atoms in total. The summed E-state index contributed by atoms with van der Waals surface area (Å²) < 4.78 is 63.7. The van der Waals surface area contributed by atoms with E-state index in [2.05, 4.69) is 0 Å². The minimum Gasteiger partial charge on any atom is -0.481 e. The fourth-order valence-corrected chi connectivity index (χ4v) is 3.19. The molecule has 278 valence electrons. The third-order valence-electron chi connectivity index (χ3n) is 5.46. The van der Waals surface area contributed by atoms with Crippen LogP contribution in [0.2, 0.25) is 0 Å². The van der Waals surface area contributed by atoms with E-state index >= 15 is 0 Å². The molecule has 0 unspecified atom stereocenters. The van der Waals surface area contributed by atoms with E-state index in [0.717, 1.165) is 0 Å². The quantitative estimate of drug-likeness (QED) is 0.0662. The number of hydrogen-bond acceptors (Lipinski definition) is 15. The van der Waals surface area contributed by atoms with Gasteiger partial charge < -0.3 is 67.1 Å². The second kappa shape index (κ2) is 38.4. The molecule has 0 aliphatic rings. The first kappa shape index (κ1) is 45.0. The van der Waals surface area contributed by atoms with Crippen molar-refractivity contribution in [1.82, 2.24) is 0 Å². The normalized spacial score (nSPS) is 11.2. The van der Waals surface area contributed by atoms with Crippen molar-refractivity contribution in [3.63, 3.8) is 0 Å². The summed E-state index contributed by atoms with van der Waals surface area (Å²) in [5.74, 6) is -2.22. The highest BCUT2D eigenvalue weighted by Crippen LogP contribution is 2.01. The van der Waals surface area contributed by atoms with Crippen LogP contribution >= 0.6 is 0 Å². The minimum absolute atomic E-state index is 0.0551. The van der Waals surface area contributed by atoms with Crippen molar-refractivity contribution in [2.24, 2.45) is 0 Å². The summed E-state index contributed by atoms with van der Waals surface area (Å²) in [6.45, 7) is 8.68. The van der Waals surface area contributed by atoms with Gasteiger partial charge in [-0.3, -0.25) is 9.59 Å². The van der Waals surface area contributed by atoms with Gasteiger partial charge in [0.15, 0.2) is 0 Å². The molecule has 0 rings (SSSR count). The number of rotatable bonds is 40. The molecule has 0 amide bonds. The van der Waals surface area contributed by atoms with Crippen LogP contribution in [-0.2, 0) is 71.2 Å². The van der Waals surface area contributed by atoms with Crippen LogP contribution in [0.25, 0.3) is 0 Å². The molecular formula is C30H56O17. The molecule has 0 saturated heterocycles. The Balaban J connectivity index is 3.10. The predicted octanol–water partition coefficient (Wildman–Crippen LogP) is 0.442. The van der Waals surface area contributed by atoms with Gasteiger partial charge in [0, 0.05) is 12.8 Å². The van der Waals surface area contributed by atoms with Gasteiger partial charge in [-0.05, 0) is 12.8 Å². The maximum absolute atomic E-state index is 11.5. The fourth-order valence-electron chi connectivity index (χ4n) is 3.19. The summed E-state index contributed by atoms with van der Waals surface area (Å²) in [5, 5.41) is 17.0. The molecule has 0 aliphatic heterocycles. The monoisotopic (exact) mass is 688 g/mol. The zero-order chi connectivity index (χ0) is 34.3. The maximum atomic E-state index is 11.5. The van der Waals surface area contributed by atoms with Crippen molar-refractivity contribution in [3.8, 4) is 0 Å².